The Morgan fingerprint density at radius 1 is 1.42 bits per heavy atom. The van der Waals surface area contributed by atoms with Crippen LogP contribution in [0.3, 0.4) is 0 Å². The second-order valence-corrected chi connectivity index (χ2v) is 4.42. The van der Waals surface area contributed by atoms with Gasteiger partial charge < -0.3 is 5.11 Å². The van der Waals surface area contributed by atoms with Crippen molar-refractivity contribution < 1.29 is 9.90 Å². The van der Waals surface area contributed by atoms with Gasteiger partial charge in [0.25, 0.3) is 0 Å². The van der Waals surface area contributed by atoms with E-state index in [1.54, 1.807) is 0 Å². The number of hydrogen-bond donors (Lipinski definition) is 1. The first-order valence-electron chi connectivity index (χ1n) is 4.72. The predicted octanol–water partition coefficient (Wildman–Crippen LogP) is 2.53. The molecule has 70 valence electrons. The molecule has 0 radical (unpaired) electrons. The van der Waals surface area contributed by atoms with Crippen LogP contribution in [-0.2, 0) is 4.79 Å². The summed E-state index contributed by atoms with van der Waals surface area (Å²) in [5.41, 5.74) is 0.286. The normalized spacial score (nSPS) is 31.6. The molecule has 0 amide bonds. The molecule has 1 saturated carbocycles. The lowest BCUT2D eigenvalue weighted by molar-refractivity contribution is -0.137. The SMILES string of the molecule is CCCC1C(CC(=O)O)C1(C)C. The second-order valence-electron chi connectivity index (χ2n) is 4.42. The van der Waals surface area contributed by atoms with E-state index >= 15 is 0 Å². The molecule has 2 unspecified atom stereocenters. The van der Waals surface area contributed by atoms with Crippen molar-refractivity contribution >= 4 is 5.97 Å². The number of aliphatic carboxylic acids is 1. The first kappa shape index (κ1) is 9.56. The third kappa shape index (κ3) is 1.62. The van der Waals surface area contributed by atoms with Crippen molar-refractivity contribution in [2.45, 2.75) is 40.0 Å². The minimum atomic E-state index is -0.647. The maximum Gasteiger partial charge on any atom is 0.303 e. The van der Waals surface area contributed by atoms with Gasteiger partial charge in [0.05, 0.1) is 0 Å². The van der Waals surface area contributed by atoms with Crippen molar-refractivity contribution in [1.29, 1.82) is 0 Å². The standard InChI is InChI=1S/C10H18O2/c1-4-5-7-8(6-9(11)12)10(7,2)3/h7-8H,4-6H2,1-3H3,(H,11,12). The molecule has 0 aromatic rings. The Balaban J connectivity index is 2.43. The maximum atomic E-state index is 10.5. The quantitative estimate of drug-likeness (QED) is 0.704. The van der Waals surface area contributed by atoms with Crippen LogP contribution in [0.5, 0.6) is 0 Å². The minimum Gasteiger partial charge on any atom is -0.481 e. The Morgan fingerprint density at radius 2 is 2.00 bits per heavy atom. The van der Waals surface area contributed by atoms with Gasteiger partial charge in [0, 0.05) is 6.42 Å². The third-order valence-electron chi connectivity index (χ3n) is 3.28. The summed E-state index contributed by atoms with van der Waals surface area (Å²) in [5, 5.41) is 8.64. The topological polar surface area (TPSA) is 37.3 Å². The van der Waals surface area contributed by atoms with E-state index in [2.05, 4.69) is 20.8 Å². The van der Waals surface area contributed by atoms with E-state index in [-0.39, 0.29) is 5.41 Å². The molecule has 1 N–H and O–H groups in total. The van der Waals surface area contributed by atoms with E-state index in [1.165, 1.54) is 12.8 Å². The summed E-state index contributed by atoms with van der Waals surface area (Å²) in [4.78, 5) is 10.5. The summed E-state index contributed by atoms with van der Waals surface area (Å²) >= 11 is 0. The van der Waals surface area contributed by atoms with Crippen LogP contribution in [-0.4, -0.2) is 11.1 Å². The van der Waals surface area contributed by atoms with Gasteiger partial charge in [0.15, 0.2) is 0 Å². The second kappa shape index (κ2) is 3.08. The van der Waals surface area contributed by atoms with Gasteiger partial charge in [-0.2, -0.15) is 0 Å². The molecule has 1 aliphatic carbocycles. The van der Waals surface area contributed by atoms with E-state index in [1.807, 2.05) is 0 Å². The monoisotopic (exact) mass is 170 g/mol. The third-order valence-corrected chi connectivity index (χ3v) is 3.28. The van der Waals surface area contributed by atoms with Crippen LogP contribution in [0.2, 0.25) is 0 Å². The molecule has 1 rings (SSSR count). The highest BCUT2D eigenvalue weighted by Gasteiger charge is 2.56. The van der Waals surface area contributed by atoms with Crippen molar-refractivity contribution in [2.75, 3.05) is 0 Å². The average Bonchev–Trinajstić information content (AvgIpc) is 2.39. The van der Waals surface area contributed by atoms with Gasteiger partial charge >= 0.3 is 5.97 Å². The zero-order valence-electron chi connectivity index (χ0n) is 8.13. The van der Waals surface area contributed by atoms with E-state index in [0.717, 1.165) is 0 Å². The van der Waals surface area contributed by atoms with Crippen molar-refractivity contribution in [1.82, 2.24) is 0 Å². The van der Waals surface area contributed by atoms with Crippen LogP contribution < -0.4 is 0 Å². The van der Waals surface area contributed by atoms with Gasteiger partial charge in [-0.05, 0) is 23.7 Å². The largest absolute Gasteiger partial charge is 0.481 e. The molecular weight excluding hydrogens is 152 g/mol. The zero-order valence-corrected chi connectivity index (χ0v) is 8.13. The molecule has 0 bridgehead atoms. The van der Waals surface area contributed by atoms with Crippen molar-refractivity contribution in [3.8, 4) is 0 Å². The fourth-order valence-corrected chi connectivity index (χ4v) is 2.34. The van der Waals surface area contributed by atoms with Gasteiger partial charge in [-0.3, -0.25) is 4.79 Å². The molecule has 2 atom stereocenters. The van der Waals surface area contributed by atoms with E-state index in [4.69, 9.17) is 5.11 Å². The summed E-state index contributed by atoms with van der Waals surface area (Å²) in [6.45, 7) is 6.52. The highest BCUT2D eigenvalue weighted by Crippen LogP contribution is 2.61. The molecular formula is C10H18O2. The Hall–Kier alpha value is -0.530. The molecule has 0 aromatic heterocycles. The van der Waals surface area contributed by atoms with Gasteiger partial charge in [0.1, 0.15) is 0 Å². The van der Waals surface area contributed by atoms with Crippen LogP contribution in [0.1, 0.15) is 40.0 Å². The smallest absolute Gasteiger partial charge is 0.303 e. The number of carboxylic acid groups (broad SMARTS) is 1. The molecule has 0 saturated heterocycles. The maximum absolute atomic E-state index is 10.5. The van der Waals surface area contributed by atoms with Crippen LogP contribution in [0.4, 0.5) is 0 Å². The average molecular weight is 170 g/mol. The predicted molar refractivity (Wildman–Crippen MR) is 47.9 cm³/mol. The van der Waals surface area contributed by atoms with Crippen molar-refractivity contribution in [3.05, 3.63) is 0 Å². The number of hydrogen-bond acceptors (Lipinski definition) is 1. The van der Waals surface area contributed by atoms with Gasteiger partial charge in [-0.25, -0.2) is 0 Å². The van der Waals surface area contributed by atoms with Crippen LogP contribution in [0.15, 0.2) is 0 Å². The first-order valence-corrected chi connectivity index (χ1v) is 4.72. The molecule has 0 spiro atoms. The Labute approximate surface area is 74.0 Å². The number of carboxylic acids is 1. The molecule has 0 aromatic carbocycles. The fraction of sp³-hybridized carbons (Fsp3) is 0.900. The Morgan fingerprint density at radius 3 is 2.42 bits per heavy atom. The lowest BCUT2D eigenvalue weighted by Crippen LogP contribution is -1.99. The molecule has 12 heavy (non-hydrogen) atoms. The molecule has 0 aliphatic heterocycles. The Kier molecular flexibility index (Phi) is 2.45. The highest BCUT2D eigenvalue weighted by molar-refractivity contribution is 5.67. The summed E-state index contributed by atoms with van der Waals surface area (Å²) in [7, 11) is 0. The van der Waals surface area contributed by atoms with Gasteiger partial charge in [0.2, 0.25) is 0 Å². The van der Waals surface area contributed by atoms with E-state index in [9.17, 15) is 4.79 Å². The summed E-state index contributed by atoms with van der Waals surface area (Å²) < 4.78 is 0. The molecule has 2 heteroatoms. The summed E-state index contributed by atoms with van der Waals surface area (Å²) in [5.74, 6) is 0.431. The summed E-state index contributed by atoms with van der Waals surface area (Å²) in [6, 6.07) is 0. The zero-order chi connectivity index (χ0) is 9.35. The minimum absolute atomic E-state index is 0.286. The Bertz CT molecular complexity index is 184. The van der Waals surface area contributed by atoms with Crippen molar-refractivity contribution in [3.63, 3.8) is 0 Å². The van der Waals surface area contributed by atoms with Crippen LogP contribution >= 0.6 is 0 Å². The number of rotatable bonds is 4. The van der Waals surface area contributed by atoms with Crippen molar-refractivity contribution in [2.24, 2.45) is 17.3 Å². The van der Waals surface area contributed by atoms with Gasteiger partial charge in [-0.1, -0.05) is 27.2 Å². The molecule has 1 aliphatic rings. The molecule has 1 fully saturated rings. The lowest BCUT2D eigenvalue weighted by Gasteiger charge is -1.99. The highest BCUT2D eigenvalue weighted by atomic mass is 16.4. The molecule has 2 nitrogen and oxygen atoms in total. The van der Waals surface area contributed by atoms with E-state index in [0.29, 0.717) is 18.3 Å². The van der Waals surface area contributed by atoms with Gasteiger partial charge in [-0.15, -0.1) is 0 Å². The lowest BCUT2D eigenvalue weighted by atomic mass is 10.1. The van der Waals surface area contributed by atoms with E-state index < -0.39 is 5.97 Å². The molecule has 0 heterocycles. The summed E-state index contributed by atoms with van der Waals surface area (Å²) in [6.07, 6.45) is 2.72. The fourth-order valence-electron chi connectivity index (χ4n) is 2.34. The number of carbonyl (C=O) groups is 1. The first-order chi connectivity index (χ1) is 5.50. The van der Waals surface area contributed by atoms with Crippen LogP contribution in [0.25, 0.3) is 0 Å². The van der Waals surface area contributed by atoms with Crippen LogP contribution in [0, 0.1) is 17.3 Å².